The zero-order valence-electron chi connectivity index (χ0n) is 15.7. The van der Waals surface area contributed by atoms with Crippen molar-refractivity contribution in [2.75, 3.05) is 39.3 Å². The minimum atomic E-state index is 0.624. The Balaban J connectivity index is 1.44. The molecule has 1 saturated carbocycles. The highest BCUT2D eigenvalue weighted by atomic mass is 32.1. The van der Waals surface area contributed by atoms with Gasteiger partial charge in [-0.1, -0.05) is 12.2 Å². The first kappa shape index (κ1) is 17.9. The summed E-state index contributed by atoms with van der Waals surface area (Å²) >= 11 is 1.62. The molecule has 2 saturated heterocycles. The number of hydrogen-bond donors (Lipinski definition) is 1. The number of piperazine rings is 1. The molecule has 1 N–H and O–H groups in total. The van der Waals surface area contributed by atoms with Gasteiger partial charge >= 0.3 is 0 Å². The Morgan fingerprint density at radius 1 is 1.38 bits per heavy atom. The third kappa shape index (κ3) is 3.38. The molecular formula is C20H29N5S. The van der Waals surface area contributed by atoms with Crippen LogP contribution < -0.4 is 5.32 Å². The molecule has 2 aliphatic heterocycles. The predicted octanol–water partition coefficient (Wildman–Crippen LogP) is 2.85. The zero-order valence-corrected chi connectivity index (χ0v) is 16.5. The number of rotatable bonds is 5. The first-order valence-corrected chi connectivity index (χ1v) is 10.6. The van der Waals surface area contributed by atoms with E-state index in [1.165, 1.54) is 32.4 Å². The average Bonchev–Trinajstić information content (AvgIpc) is 3.32. The summed E-state index contributed by atoms with van der Waals surface area (Å²) in [5.41, 5.74) is 4.58. The zero-order chi connectivity index (χ0) is 18.0. The maximum absolute atomic E-state index is 4.49. The summed E-state index contributed by atoms with van der Waals surface area (Å²) in [6, 6.07) is 0.775. The average molecular weight is 372 g/mol. The minimum absolute atomic E-state index is 0.624. The molecule has 5 nitrogen and oxygen atoms in total. The molecule has 3 aliphatic rings. The molecule has 0 aromatic carbocycles. The van der Waals surface area contributed by atoms with E-state index in [0.29, 0.717) is 5.41 Å². The molecule has 1 spiro atoms. The molecule has 1 aliphatic carbocycles. The first-order chi connectivity index (χ1) is 12.7. The summed E-state index contributed by atoms with van der Waals surface area (Å²) in [6.45, 7) is 12.6. The molecule has 140 valence electrons. The lowest BCUT2D eigenvalue weighted by molar-refractivity contribution is 0.0982. The van der Waals surface area contributed by atoms with E-state index in [0.717, 1.165) is 49.3 Å². The van der Waals surface area contributed by atoms with Crippen LogP contribution in [0.4, 0.5) is 0 Å². The van der Waals surface area contributed by atoms with Crippen LogP contribution >= 0.6 is 11.3 Å². The lowest BCUT2D eigenvalue weighted by atomic mass is 9.80. The summed E-state index contributed by atoms with van der Waals surface area (Å²) in [4.78, 5) is 14.0. The summed E-state index contributed by atoms with van der Waals surface area (Å²) in [6.07, 6.45) is 8.31. The van der Waals surface area contributed by atoms with Crippen molar-refractivity contribution in [3.8, 4) is 0 Å². The molecule has 0 amide bonds. The van der Waals surface area contributed by atoms with Gasteiger partial charge < -0.3 is 10.2 Å². The van der Waals surface area contributed by atoms with Gasteiger partial charge in [-0.25, -0.2) is 9.98 Å². The van der Waals surface area contributed by atoms with Crippen molar-refractivity contribution in [2.24, 2.45) is 10.4 Å². The van der Waals surface area contributed by atoms with E-state index in [9.17, 15) is 0 Å². The number of thiazole rings is 1. The lowest BCUT2D eigenvalue weighted by Gasteiger charge is -2.42. The fraction of sp³-hybridized carbons (Fsp3) is 0.600. The third-order valence-electron chi connectivity index (χ3n) is 6.24. The van der Waals surface area contributed by atoms with Crippen LogP contribution in [0.1, 0.15) is 31.9 Å². The van der Waals surface area contributed by atoms with Crippen LogP contribution in [0, 0.1) is 5.41 Å². The SMILES string of the molecule is C=N/C(=C(\C=C/C)c1cscn1)N1CCN([C@@H]2CCC3(CNC3)C2)CC1. The van der Waals surface area contributed by atoms with Gasteiger partial charge in [-0.05, 0) is 38.3 Å². The van der Waals surface area contributed by atoms with Crippen molar-refractivity contribution < 1.29 is 0 Å². The molecule has 0 bridgehead atoms. The molecule has 1 atom stereocenters. The standard InChI is InChI=1S/C20H29N5S/c1-3-4-17(18-12-26-15-23-18)19(21-2)25-9-7-24(8-10-25)16-5-6-20(11-16)13-22-14-20/h3-4,12,15-16,22H,2,5-11,13-14H2,1H3/b4-3-,19-17-/t16-/m1/s1. The largest absolute Gasteiger partial charge is 0.354 e. The molecule has 0 unspecified atom stereocenters. The molecule has 3 fully saturated rings. The Morgan fingerprint density at radius 3 is 2.73 bits per heavy atom. The van der Waals surface area contributed by atoms with Crippen LogP contribution in [0.2, 0.25) is 0 Å². The van der Waals surface area contributed by atoms with Gasteiger partial charge in [-0.15, -0.1) is 11.3 Å². The van der Waals surface area contributed by atoms with E-state index in [1.54, 1.807) is 11.3 Å². The molecule has 0 radical (unpaired) electrons. The summed E-state index contributed by atoms with van der Waals surface area (Å²) in [5.74, 6) is 0.972. The quantitative estimate of drug-likeness (QED) is 0.638. The number of aliphatic imine (C=N–C) groups is 1. The van der Waals surface area contributed by atoms with Crippen molar-refractivity contribution >= 4 is 23.6 Å². The second kappa shape index (κ2) is 7.62. The second-order valence-electron chi connectivity index (χ2n) is 7.79. The second-order valence-corrected chi connectivity index (χ2v) is 8.51. The van der Waals surface area contributed by atoms with Crippen LogP contribution in [-0.2, 0) is 0 Å². The Kier molecular flexibility index (Phi) is 5.25. The first-order valence-electron chi connectivity index (χ1n) is 9.67. The maximum atomic E-state index is 4.49. The number of nitrogens with one attached hydrogen (secondary N) is 1. The minimum Gasteiger partial charge on any atom is -0.354 e. The highest BCUT2D eigenvalue weighted by Gasteiger charge is 2.45. The summed E-state index contributed by atoms with van der Waals surface area (Å²) in [7, 11) is 0. The monoisotopic (exact) mass is 371 g/mol. The Labute approximate surface area is 160 Å². The van der Waals surface area contributed by atoms with Crippen molar-refractivity contribution in [3.63, 3.8) is 0 Å². The Bertz CT molecular complexity index is 681. The normalized spacial score (nSPS) is 27.0. The predicted molar refractivity (Wildman–Crippen MR) is 109 cm³/mol. The van der Waals surface area contributed by atoms with E-state index in [1.807, 2.05) is 12.4 Å². The highest BCUT2D eigenvalue weighted by Crippen LogP contribution is 2.43. The van der Waals surface area contributed by atoms with Gasteiger partial charge in [0.2, 0.25) is 0 Å². The fourth-order valence-corrected chi connectivity index (χ4v) is 5.28. The van der Waals surface area contributed by atoms with Gasteiger partial charge in [0.05, 0.1) is 11.2 Å². The number of nitrogens with zero attached hydrogens (tertiary/aromatic N) is 4. The van der Waals surface area contributed by atoms with E-state index < -0.39 is 0 Å². The fourth-order valence-electron chi connectivity index (χ4n) is 4.73. The highest BCUT2D eigenvalue weighted by molar-refractivity contribution is 7.07. The van der Waals surface area contributed by atoms with Gasteiger partial charge in [-0.3, -0.25) is 4.90 Å². The van der Waals surface area contributed by atoms with Gasteiger partial charge in [-0.2, -0.15) is 0 Å². The Morgan fingerprint density at radius 2 is 2.19 bits per heavy atom. The van der Waals surface area contributed by atoms with Crippen molar-refractivity contribution in [1.82, 2.24) is 20.1 Å². The van der Waals surface area contributed by atoms with E-state index in [-0.39, 0.29) is 0 Å². The maximum Gasteiger partial charge on any atom is 0.137 e. The third-order valence-corrected chi connectivity index (χ3v) is 6.83. The van der Waals surface area contributed by atoms with Gasteiger partial charge in [0.1, 0.15) is 5.82 Å². The van der Waals surface area contributed by atoms with Gasteiger partial charge in [0.15, 0.2) is 0 Å². The molecule has 3 heterocycles. The number of hydrogen-bond acceptors (Lipinski definition) is 6. The van der Waals surface area contributed by atoms with Gasteiger partial charge in [0.25, 0.3) is 0 Å². The van der Waals surface area contributed by atoms with Crippen LogP contribution in [-0.4, -0.2) is 66.8 Å². The molecule has 1 aromatic rings. The topological polar surface area (TPSA) is 43.8 Å². The lowest BCUT2D eigenvalue weighted by Crippen LogP contribution is -2.54. The van der Waals surface area contributed by atoms with E-state index in [4.69, 9.17) is 0 Å². The van der Waals surface area contributed by atoms with Crippen LogP contribution in [0.3, 0.4) is 0 Å². The van der Waals surface area contributed by atoms with E-state index >= 15 is 0 Å². The molecule has 6 heteroatoms. The van der Waals surface area contributed by atoms with Crippen LogP contribution in [0.15, 0.2) is 33.9 Å². The molecule has 26 heavy (non-hydrogen) atoms. The van der Waals surface area contributed by atoms with Gasteiger partial charge in [0, 0.05) is 56.3 Å². The van der Waals surface area contributed by atoms with Crippen LogP contribution in [0.5, 0.6) is 0 Å². The molecule has 1 aromatic heterocycles. The summed E-state index contributed by atoms with van der Waals surface area (Å²) in [5, 5.41) is 5.56. The van der Waals surface area contributed by atoms with E-state index in [2.05, 4.69) is 49.3 Å². The van der Waals surface area contributed by atoms with Crippen molar-refractivity contribution in [2.45, 2.75) is 32.2 Å². The Hall–Kier alpha value is -1.50. The van der Waals surface area contributed by atoms with Crippen LogP contribution in [0.25, 0.3) is 5.57 Å². The van der Waals surface area contributed by atoms with Crippen molar-refractivity contribution in [3.05, 3.63) is 34.6 Å². The summed E-state index contributed by atoms with van der Waals surface area (Å²) < 4.78 is 0. The number of allylic oxidation sites excluding steroid dienone is 3. The number of aromatic nitrogens is 1. The molecule has 4 rings (SSSR count). The smallest absolute Gasteiger partial charge is 0.137 e. The van der Waals surface area contributed by atoms with Crippen molar-refractivity contribution in [1.29, 1.82) is 0 Å². The molecular weight excluding hydrogens is 342 g/mol.